The molecule has 0 bridgehead atoms. The van der Waals surface area contributed by atoms with Gasteiger partial charge in [-0.15, -0.1) is 0 Å². The average Bonchev–Trinajstić information content (AvgIpc) is 2.82. The number of amides is 2. The number of carbonyl (C=O) groups is 2. The first-order chi connectivity index (χ1) is 15.6. The Morgan fingerprint density at radius 1 is 0.969 bits per heavy atom. The predicted molar refractivity (Wildman–Crippen MR) is 127 cm³/mol. The zero-order valence-electron chi connectivity index (χ0n) is 17.7. The molecule has 2 amide bonds. The third-order valence-electron chi connectivity index (χ3n) is 5.86. The highest BCUT2D eigenvalue weighted by molar-refractivity contribution is 6.30. The van der Waals surface area contributed by atoms with Crippen LogP contribution in [0.4, 0.5) is 0 Å². The van der Waals surface area contributed by atoms with Crippen LogP contribution in [0.5, 0.6) is 0 Å². The molecule has 5 nitrogen and oxygen atoms in total. The number of fused-ring (bicyclic) bond motifs is 1. The van der Waals surface area contributed by atoms with Crippen LogP contribution in [0, 0.1) is 0 Å². The second-order valence-electron chi connectivity index (χ2n) is 7.88. The van der Waals surface area contributed by atoms with Gasteiger partial charge in [-0.1, -0.05) is 72.3 Å². The Kier molecular flexibility index (Phi) is 6.88. The van der Waals surface area contributed by atoms with Crippen LogP contribution in [-0.4, -0.2) is 36.3 Å². The van der Waals surface area contributed by atoms with Gasteiger partial charge >= 0.3 is 0 Å². The quantitative estimate of drug-likeness (QED) is 0.576. The lowest BCUT2D eigenvalue weighted by Gasteiger charge is -2.41. The highest BCUT2D eigenvalue weighted by Gasteiger charge is 2.43. The van der Waals surface area contributed by atoms with E-state index in [4.69, 9.17) is 17.3 Å². The van der Waals surface area contributed by atoms with Gasteiger partial charge in [-0.05, 0) is 41.3 Å². The van der Waals surface area contributed by atoms with Crippen LogP contribution in [-0.2, 0) is 11.2 Å². The molecular weight excluding hydrogens is 422 g/mol. The van der Waals surface area contributed by atoms with Crippen molar-refractivity contribution in [2.75, 3.05) is 19.6 Å². The van der Waals surface area contributed by atoms with Crippen LogP contribution in [0.15, 0.2) is 78.9 Å². The van der Waals surface area contributed by atoms with E-state index in [1.165, 1.54) is 0 Å². The van der Waals surface area contributed by atoms with Crippen molar-refractivity contribution in [3.05, 3.63) is 106 Å². The van der Waals surface area contributed by atoms with Crippen molar-refractivity contribution in [1.82, 2.24) is 10.2 Å². The summed E-state index contributed by atoms with van der Waals surface area (Å²) in [7, 11) is 0. The summed E-state index contributed by atoms with van der Waals surface area (Å²) in [5.41, 5.74) is 9.16. The molecule has 0 spiro atoms. The molecule has 0 saturated heterocycles. The number of benzene rings is 3. The van der Waals surface area contributed by atoms with E-state index in [1.807, 2.05) is 60.7 Å². The summed E-state index contributed by atoms with van der Waals surface area (Å²) < 4.78 is 0. The molecule has 32 heavy (non-hydrogen) atoms. The molecule has 3 N–H and O–H groups in total. The smallest absolute Gasteiger partial charge is 0.254 e. The van der Waals surface area contributed by atoms with Crippen LogP contribution in [0.25, 0.3) is 0 Å². The van der Waals surface area contributed by atoms with Crippen LogP contribution in [0.1, 0.15) is 39.0 Å². The van der Waals surface area contributed by atoms with E-state index in [-0.39, 0.29) is 11.8 Å². The Balaban J connectivity index is 1.69. The minimum Gasteiger partial charge on any atom is -0.355 e. The Bertz CT molecular complexity index is 1090. The highest BCUT2D eigenvalue weighted by Crippen LogP contribution is 2.42. The number of carbonyl (C=O) groups excluding carboxylic acids is 2. The molecule has 2 atom stereocenters. The molecule has 0 unspecified atom stereocenters. The molecule has 0 aliphatic carbocycles. The summed E-state index contributed by atoms with van der Waals surface area (Å²) in [5, 5.41) is 3.70. The minimum atomic E-state index is -0.549. The summed E-state index contributed by atoms with van der Waals surface area (Å²) in [5.74, 6) is -0.769. The number of nitrogens with two attached hydrogens (primary N) is 1. The van der Waals surface area contributed by atoms with Crippen molar-refractivity contribution in [2.45, 2.75) is 18.4 Å². The highest BCUT2D eigenvalue weighted by atomic mass is 35.5. The molecule has 1 heterocycles. The van der Waals surface area contributed by atoms with Crippen molar-refractivity contribution in [3.8, 4) is 0 Å². The fourth-order valence-electron chi connectivity index (χ4n) is 4.38. The maximum absolute atomic E-state index is 13.6. The van der Waals surface area contributed by atoms with Gasteiger partial charge in [0.05, 0.1) is 12.0 Å². The van der Waals surface area contributed by atoms with Crippen molar-refractivity contribution in [2.24, 2.45) is 5.73 Å². The third kappa shape index (κ3) is 4.54. The second-order valence-corrected chi connectivity index (χ2v) is 8.31. The van der Waals surface area contributed by atoms with E-state index in [9.17, 15) is 9.59 Å². The molecule has 164 valence electrons. The normalized spacial score (nSPS) is 17.7. The SMILES string of the molecule is NCCN1C(=O)c2ccccc2[C@@H](C(=O)NCCc2ccccc2)[C@@H]1c1ccc(Cl)cc1. The van der Waals surface area contributed by atoms with Gasteiger partial charge < -0.3 is 16.0 Å². The minimum absolute atomic E-state index is 0.108. The summed E-state index contributed by atoms with van der Waals surface area (Å²) >= 11 is 6.10. The molecule has 3 aromatic carbocycles. The van der Waals surface area contributed by atoms with Gasteiger partial charge in [-0.3, -0.25) is 9.59 Å². The fourth-order valence-corrected chi connectivity index (χ4v) is 4.50. The number of hydrogen-bond acceptors (Lipinski definition) is 3. The number of nitrogens with zero attached hydrogens (tertiary/aromatic N) is 1. The molecule has 1 aliphatic rings. The molecule has 0 aromatic heterocycles. The first kappa shape index (κ1) is 22.1. The second kappa shape index (κ2) is 9.98. The first-order valence-electron chi connectivity index (χ1n) is 10.8. The molecule has 1 aliphatic heterocycles. The van der Waals surface area contributed by atoms with Gasteiger partial charge in [0, 0.05) is 30.2 Å². The monoisotopic (exact) mass is 447 g/mol. The van der Waals surface area contributed by atoms with Crippen LogP contribution in [0.2, 0.25) is 5.02 Å². The zero-order valence-corrected chi connectivity index (χ0v) is 18.5. The maximum atomic E-state index is 13.6. The van der Waals surface area contributed by atoms with Gasteiger partial charge in [0.1, 0.15) is 0 Å². The van der Waals surface area contributed by atoms with E-state index in [0.29, 0.717) is 30.2 Å². The number of hydrogen-bond donors (Lipinski definition) is 2. The molecule has 3 aromatic rings. The predicted octanol–water partition coefficient (Wildman–Crippen LogP) is 3.94. The van der Waals surface area contributed by atoms with Crippen molar-refractivity contribution < 1.29 is 9.59 Å². The molecular formula is C26H26ClN3O2. The Morgan fingerprint density at radius 3 is 2.38 bits per heavy atom. The van der Waals surface area contributed by atoms with Gasteiger partial charge in [0.25, 0.3) is 5.91 Å². The van der Waals surface area contributed by atoms with Crippen LogP contribution < -0.4 is 11.1 Å². The lowest BCUT2D eigenvalue weighted by Crippen LogP contribution is -2.49. The number of rotatable bonds is 7. The zero-order chi connectivity index (χ0) is 22.5. The third-order valence-corrected chi connectivity index (χ3v) is 6.11. The van der Waals surface area contributed by atoms with E-state index >= 15 is 0 Å². The maximum Gasteiger partial charge on any atom is 0.254 e. The van der Waals surface area contributed by atoms with Crippen molar-refractivity contribution in [1.29, 1.82) is 0 Å². The molecule has 0 radical (unpaired) electrons. The average molecular weight is 448 g/mol. The standard InChI is InChI=1S/C26H26ClN3O2/c27-20-12-10-19(11-13-20)24-23(25(31)29-16-14-18-6-2-1-3-7-18)21-8-4-5-9-22(21)26(32)30(24)17-15-28/h1-13,23-24H,14-17,28H2,(H,29,31)/t23-,24+/m1/s1. The molecule has 6 heteroatoms. The Hall–Kier alpha value is -3.15. The van der Waals surface area contributed by atoms with E-state index in [1.54, 1.807) is 23.1 Å². The Labute approximate surface area is 193 Å². The van der Waals surface area contributed by atoms with Crippen molar-refractivity contribution in [3.63, 3.8) is 0 Å². The van der Waals surface area contributed by atoms with Crippen molar-refractivity contribution >= 4 is 23.4 Å². The van der Waals surface area contributed by atoms with E-state index < -0.39 is 12.0 Å². The summed E-state index contributed by atoms with van der Waals surface area (Å²) in [4.78, 5) is 28.6. The van der Waals surface area contributed by atoms with Gasteiger partial charge in [0.15, 0.2) is 0 Å². The lowest BCUT2D eigenvalue weighted by molar-refractivity contribution is -0.124. The van der Waals surface area contributed by atoms with E-state index in [2.05, 4.69) is 5.32 Å². The molecule has 4 rings (SSSR count). The van der Waals surface area contributed by atoms with E-state index in [0.717, 1.165) is 23.1 Å². The summed E-state index contributed by atoms with van der Waals surface area (Å²) in [6, 6.07) is 24.2. The largest absolute Gasteiger partial charge is 0.355 e. The Morgan fingerprint density at radius 2 is 1.66 bits per heavy atom. The topological polar surface area (TPSA) is 75.4 Å². The van der Waals surface area contributed by atoms with Crippen LogP contribution in [0.3, 0.4) is 0 Å². The molecule has 0 fully saturated rings. The van der Waals surface area contributed by atoms with Gasteiger partial charge in [-0.2, -0.15) is 0 Å². The van der Waals surface area contributed by atoms with Gasteiger partial charge in [0.2, 0.25) is 5.91 Å². The first-order valence-corrected chi connectivity index (χ1v) is 11.1. The fraction of sp³-hybridized carbons (Fsp3) is 0.231. The number of halogens is 1. The van der Waals surface area contributed by atoms with Crippen LogP contribution >= 0.6 is 11.6 Å². The van der Waals surface area contributed by atoms with Gasteiger partial charge in [-0.25, -0.2) is 0 Å². The molecule has 0 saturated carbocycles. The summed E-state index contributed by atoms with van der Waals surface area (Å²) in [6.07, 6.45) is 0.734. The summed E-state index contributed by atoms with van der Waals surface area (Å²) in [6.45, 7) is 1.17. The lowest BCUT2D eigenvalue weighted by atomic mass is 9.79. The number of nitrogens with one attached hydrogen (secondary N) is 1.